The fourth-order valence-corrected chi connectivity index (χ4v) is 3.74. The number of anilines is 4. The molecule has 1 aliphatic heterocycles. The fraction of sp³-hybridized carbons (Fsp3) is 0.318. The van der Waals surface area contributed by atoms with Crippen LogP contribution in [0.25, 0.3) is 0 Å². The van der Waals surface area contributed by atoms with Gasteiger partial charge in [-0.3, -0.25) is 0 Å². The van der Waals surface area contributed by atoms with Crippen molar-refractivity contribution >= 4 is 23.3 Å². The molecule has 1 aliphatic rings. The molecular weight excluding hydrogens is 382 g/mol. The smallest absolute Gasteiger partial charge is 0.234 e. The standard InChI is InChI=1S/C22H25N5O3/c1-14-9-10-15-7-5-6-8-17(15)27(14)22-24-13-23-21(26-22)25-16-11-18(28-2)20(30-4)19(12-16)29-3/h5-8,11-14H,9-10H2,1-4H3,(H,23,24,25,26). The molecule has 0 saturated heterocycles. The predicted molar refractivity (Wildman–Crippen MR) is 116 cm³/mol. The van der Waals surface area contributed by atoms with Gasteiger partial charge >= 0.3 is 0 Å². The zero-order valence-corrected chi connectivity index (χ0v) is 17.5. The average molecular weight is 407 g/mol. The maximum atomic E-state index is 5.42. The van der Waals surface area contributed by atoms with Gasteiger partial charge < -0.3 is 24.4 Å². The molecule has 0 spiro atoms. The van der Waals surface area contributed by atoms with Crippen molar-refractivity contribution < 1.29 is 14.2 Å². The highest BCUT2D eigenvalue weighted by Crippen LogP contribution is 2.40. The van der Waals surface area contributed by atoms with Crippen molar-refractivity contribution in [1.29, 1.82) is 0 Å². The molecule has 1 aromatic heterocycles. The number of nitrogens with one attached hydrogen (secondary N) is 1. The molecule has 0 aliphatic carbocycles. The number of hydrogen-bond acceptors (Lipinski definition) is 8. The third kappa shape index (κ3) is 3.68. The van der Waals surface area contributed by atoms with Gasteiger partial charge in [0, 0.05) is 29.5 Å². The Labute approximate surface area is 175 Å². The lowest BCUT2D eigenvalue weighted by atomic mass is 9.97. The van der Waals surface area contributed by atoms with Gasteiger partial charge in [0.05, 0.1) is 21.3 Å². The van der Waals surface area contributed by atoms with Crippen LogP contribution < -0.4 is 24.4 Å². The van der Waals surface area contributed by atoms with Crippen LogP contribution in [0.5, 0.6) is 17.2 Å². The lowest BCUT2D eigenvalue weighted by molar-refractivity contribution is 0.324. The Morgan fingerprint density at radius 3 is 2.43 bits per heavy atom. The van der Waals surface area contributed by atoms with Gasteiger partial charge in [0.2, 0.25) is 17.6 Å². The van der Waals surface area contributed by atoms with E-state index in [-0.39, 0.29) is 6.04 Å². The number of fused-ring (bicyclic) bond motifs is 1. The van der Waals surface area contributed by atoms with Crippen LogP contribution in [0.1, 0.15) is 18.9 Å². The van der Waals surface area contributed by atoms with E-state index in [0.717, 1.165) is 18.5 Å². The van der Waals surface area contributed by atoms with E-state index in [2.05, 4.69) is 50.3 Å². The molecule has 0 bridgehead atoms. The van der Waals surface area contributed by atoms with E-state index in [0.29, 0.717) is 34.8 Å². The summed E-state index contributed by atoms with van der Waals surface area (Å²) >= 11 is 0. The van der Waals surface area contributed by atoms with Crippen LogP contribution in [0.3, 0.4) is 0 Å². The summed E-state index contributed by atoms with van der Waals surface area (Å²) < 4.78 is 16.2. The van der Waals surface area contributed by atoms with Gasteiger partial charge in [0.25, 0.3) is 0 Å². The van der Waals surface area contributed by atoms with Crippen LogP contribution >= 0.6 is 0 Å². The monoisotopic (exact) mass is 407 g/mol. The number of para-hydroxylation sites is 1. The first-order valence-corrected chi connectivity index (χ1v) is 9.77. The first-order valence-electron chi connectivity index (χ1n) is 9.77. The molecule has 1 N–H and O–H groups in total. The molecule has 1 atom stereocenters. The molecule has 0 saturated carbocycles. The van der Waals surface area contributed by atoms with Gasteiger partial charge in [-0.25, -0.2) is 9.97 Å². The van der Waals surface area contributed by atoms with E-state index in [4.69, 9.17) is 14.2 Å². The minimum atomic E-state index is 0.288. The van der Waals surface area contributed by atoms with Gasteiger partial charge in [-0.05, 0) is 31.4 Å². The summed E-state index contributed by atoms with van der Waals surface area (Å²) in [6, 6.07) is 12.3. The van der Waals surface area contributed by atoms with Crippen LogP contribution in [-0.4, -0.2) is 42.3 Å². The number of benzene rings is 2. The maximum Gasteiger partial charge on any atom is 0.234 e. The van der Waals surface area contributed by atoms with Crippen LogP contribution in [-0.2, 0) is 6.42 Å². The predicted octanol–water partition coefficient (Wildman–Crippen LogP) is 4.11. The summed E-state index contributed by atoms with van der Waals surface area (Å²) in [7, 11) is 4.73. The number of hydrogen-bond donors (Lipinski definition) is 1. The second-order valence-corrected chi connectivity index (χ2v) is 7.03. The number of aryl methyl sites for hydroxylation is 1. The molecule has 8 heteroatoms. The average Bonchev–Trinajstić information content (AvgIpc) is 2.78. The molecule has 0 radical (unpaired) electrons. The van der Waals surface area contributed by atoms with Gasteiger partial charge in [0.1, 0.15) is 6.33 Å². The van der Waals surface area contributed by atoms with E-state index in [1.165, 1.54) is 11.9 Å². The van der Waals surface area contributed by atoms with Crippen molar-refractivity contribution in [3.05, 3.63) is 48.3 Å². The Kier molecular flexibility index (Phi) is 5.56. The Morgan fingerprint density at radius 2 is 1.73 bits per heavy atom. The zero-order chi connectivity index (χ0) is 21.1. The van der Waals surface area contributed by atoms with Crippen molar-refractivity contribution in [3.8, 4) is 17.2 Å². The molecule has 1 unspecified atom stereocenters. The van der Waals surface area contributed by atoms with E-state index >= 15 is 0 Å². The second-order valence-electron chi connectivity index (χ2n) is 7.03. The Balaban J connectivity index is 1.67. The summed E-state index contributed by atoms with van der Waals surface area (Å²) in [6.07, 6.45) is 3.61. The first-order chi connectivity index (χ1) is 14.6. The van der Waals surface area contributed by atoms with Crippen molar-refractivity contribution in [2.45, 2.75) is 25.8 Å². The molecular formula is C22H25N5O3. The summed E-state index contributed by atoms with van der Waals surface area (Å²) in [5, 5.41) is 3.22. The molecule has 3 aromatic rings. The lowest BCUT2D eigenvalue weighted by Crippen LogP contribution is -2.34. The van der Waals surface area contributed by atoms with Crippen LogP contribution in [0.2, 0.25) is 0 Å². The topological polar surface area (TPSA) is 81.6 Å². The highest BCUT2D eigenvalue weighted by molar-refractivity contribution is 5.67. The minimum absolute atomic E-state index is 0.288. The minimum Gasteiger partial charge on any atom is -0.493 e. The van der Waals surface area contributed by atoms with Crippen LogP contribution in [0.15, 0.2) is 42.7 Å². The number of aromatic nitrogens is 3. The van der Waals surface area contributed by atoms with Crippen molar-refractivity contribution in [2.75, 3.05) is 31.5 Å². The Morgan fingerprint density at radius 1 is 1.00 bits per heavy atom. The lowest BCUT2D eigenvalue weighted by Gasteiger charge is -2.35. The fourth-order valence-electron chi connectivity index (χ4n) is 3.74. The molecule has 0 fully saturated rings. The SMILES string of the molecule is COc1cc(Nc2ncnc(N3c4ccccc4CCC3C)n2)cc(OC)c1OC. The van der Waals surface area contributed by atoms with Gasteiger partial charge in [-0.15, -0.1) is 0 Å². The summed E-state index contributed by atoms with van der Waals surface area (Å²) in [6.45, 7) is 2.19. The molecule has 156 valence electrons. The van der Waals surface area contributed by atoms with Crippen molar-refractivity contribution in [3.63, 3.8) is 0 Å². The molecule has 8 nitrogen and oxygen atoms in total. The molecule has 2 aromatic carbocycles. The highest BCUT2D eigenvalue weighted by atomic mass is 16.5. The molecule has 30 heavy (non-hydrogen) atoms. The first kappa shape index (κ1) is 19.8. The number of ether oxygens (including phenoxy) is 3. The number of nitrogens with zero attached hydrogens (tertiary/aromatic N) is 4. The molecule has 2 heterocycles. The number of rotatable bonds is 6. The maximum absolute atomic E-state index is 5.42. The van der Waals surface area contributed by atoms with E-state index in [1.54, 1.807) is 21.3 Å². The van der Waals surface area contributed by atoms with Gasteiger partial charge in [0.15, 0.2) is 11.5 Å². The van der Waals surface area contributed by atoms with E-state index < -0.39 is 0 Å². The van der Waals surface area contributed by atoms with Crippen LogP contribution in [0, 0.1) is 0 Å². The Hall–Kier alpha value is -3.55. The summed E-state index contributed by atoms with van der Waals surface area (Å²) in [5.74, 6) is 2.67. The summed E-state index contributed by atoms with van der Waals surface area (Å²) in [5.41, 5.74) is 3.16. The quantitative estimate of drug-likeness (QED) is 0.654. The van der Waals surface area contributed by atoms with E-state index in [9.17, 15) is 0 Å². The van der Waals surface area contributed by atoms with Gasteiger partial charge in [-0.2, -0.15) is 4.98 Å². The zero-order valence-electron chi connectivity index (χ0n) is 17.5. The molecule has 4 rings (SSSR count). The second kappa shape index (κ2) is 8.44. The Bertz CT molecular complexity index is 1020. The summed E-state index contributed by atoms with van der Waals surface area (Å²) in [4.78, 5) is 15.6. The van der Waals surface area contributed by atoms with Gasteiger partial charge in [-0.1, -0.05) is 18.2 Å². The molecule has 0 amide bonds. The van der Waals surface area contributed by atoms with E-state index in [1.807, 2.05) is 18.2 Å². The van der Waals surface area contributed by atoms with Crippen molar-refractivity contribution in [2.24, 2.45) is 0 Å². The van der Waals surface area contributed by atoms with Crippen molar-refractivity contribution in [1.82, 2.24) is 15.0 Å². The van der Waals surface area contributed by atoms with Crippen LogP contribution in [0.4, 0.5) is 23.3 Å². The largest absolute Gasteiger partial charge is 0.493 e. The highest BCUT2D eigenvalue weighted by Gasteiger charge is 2.26. The normalized spacial score (nSPS) is 15.3. The third-order valence-corrected chi connectivity index (χ3v) is 5.22. The number of methoxy groups -OCH3 is 3. The third-order valence-electron chi connectivity index (χ3n) is 5.22.